The van der Waals surface area contributed by atoms with Crippen molar-refractivity contribution in [2.75, 3.05) is 0 Å². The molecule has 0 aromatic heterocycles. The first kappa shape index (κ1) is 18.1. The van der Waals surface area contributed by atoms with Gasteiger partial charge in [0.05, 0.1) is 0 Å². The number of benzene rings is 3. The Morgan fingerprint density at radius 1 is 0.846 bits per heavy atom. The smallest absolute Gasteiger partial charge is 0.331 e. The summed E-state index contributed by atoms with van der Waals surface area (Å²) < 4.78 is 0. The fraction of sp³-hybridized carbons (Fsp3) is 0.0870. The van der Waals surface area contributed by atoms with Crippen LogP contribution in [0, 0.1) is 0 Å². The Bertz CT molecular complexity index is 862. The molecule has 26 heavy (non-hydrogen) atoms. The summed E-state index contributed by atoms with van der Waals surface area (Å²) in [5, 5.41) is 13.1. The molecule has 2 nitrogen and oxygen atoms in total. The first-order valence-electron chi connectivity index (χ1n) is 8.63. The van der Waals surface area contributed by atoms with E-state index >= 15 is 0 Å². The van der Waals surface area contributed by atoms with Crippen LogP contribution in [0.3, 0.4) is 0 Å². The molecule has 3 aromatic carbocycles. The summed E-state index contributed by atoms with van der Waals surface area (Å²) in [6, 6.07) is 29.2. The molecule has 0 fully saturated rings. The van der Waals surface area contributed by atoms with Crippen LogP contribution in [-0.2, 0) is 4.79 Å². The summed E-state index contributed by atoms with van der Waals surface area (Å²) in [6.45, 7) is 1.87. The first-order chi connectivity index (χ1) is 12.7. The van der Waals surface area contributed by atoms with Crippen molar-refractivity contribution in [2.24, 2.45) is 0 Å². The lowest BCUT2D eigenvalue weighted by Crippen LogP contribution is -2.20. The molecular weight excluding hydrogens is 339 g/mol. The molecule has 0 saturated carbocycles. The van der Waals surface area contributed by atoms with Crippen molar-refractivity contribution >= 4 is 35.9 Å². The quantitative estimate of drug-likeness (QED) is 0.525. The number of hydrogen-bond donors (Lipinski definition) is 1. The van der Waals surface area contributed by atoms with E-state index in [4.69, 9.17) is 0 Å². The highest BCUT2D eigenvalue weighted by Crippen LogP contribution is 2.33. The molecule has 0 amide bonds. The minimum absolute atomic E-state index is 0.422. The van der Waals surface area contributed by atoms with Gasteiger partial charge in [-0.1, -0.05) is 85.8 Å². The normalized spacial score (nSPS) is 11.5. The van der Waals surface area contributed by atoms with Crippen molar-refractivity contribution in [3.63, 3.8) is 0 Å². The third-order valence-electron chi connectivity index (χ3n) is 4.15. The lowest BCUT2D eigenvalue weighted by Gasteiger charge is -2.19. The number of rotatable bonds is 6. The van der Waals surface area contributed by atoms with Crippen LogP contribution in [0.1, 0.15) is 18.9 Å². The van der Waals surface area contributed by atoms with E-state index in [9.17, 15) is 9.90 Å². The Morgan fingerprint density at radius 3 is 1.88 bits per heavy atom. The van der Waals surface area contributed by atoms with E-state index < -0.39 is 13.9 Å². The molecule has 3 aromatic rings. The highest BCUT2D eigenvalue weighted by atomic mass is 31.1. The molecule has 1 N–H and O–H groups in total. The monoisotopic (exact) mass is 360 g/mol. The maximum Gasteiger partial charge on any atom is 0.331 e. The van der Waals surface area contributed by atoms with Crippen LogP contribution in [0.5, 0.6) is 0 Å². The van der Waals surface area contributed by atoms with Crippen molar-refractivity contribution in [3.05, 3.63) is 96.1 Å². The highest BCUT2D eigenvalue weighted by Gasteiger charge is 2.16. The second-order valence-electron chi connectivity index (χ2n) is 5.93. The highest BCUT2D eigenvalue weighted by molar-refractivity contribution is 7.79. The predicted molar refractivity (Wildman–Crippen MR) is 111 cm³/mol. The third kappa shape index (κ3) is 4.28. The number of carbonyl (C=O) groups is 1. The van der Waals surface area contributed by atoms with E-state index in [1.807, 2.05) is 31.2 Å². The molecule has 0 atom stereocenters. The van der Waals surface area contributed by atoms with Crippen LogP contribution >= 0.6 is 7.92 Å². The molecule has 3 rings (SSSR count). The Balaban J connectivity index is 2.08. The van der Waals surface area contributed by atoms with Crippen LogP contribution in [0.25, 0.3) is 6.08 Å². The maximum absolute atomic E-state index is 11.3. The zero-order chi connectivity index (χ0) is 18.4. The van der Waals surface area contributed by atoms with Gasteiger partial charge in [-0.3, -0.25) is 0 Å². The van der Waals surface area contributed by atoms with Gasteiger partial charge >= 0.3 is 5.97 Å². The van der Waals surface area contributed by atoms with Gasteiger partial charge in [-0.25, -0.2) is 4.79 Å². The second kappa shape index (κ2) is 8.60. The molecule has 0 bridgehead atoms. The molecule has 3 heteroatoms. The molecule has 0 saturated heterocycles. The summed E-state index contributed by atoms with van der Waals surface area (Å²) in [5.41, 5.74) is 1.35. The Kier molecular flexibility index (Phi) is 5.99. The zero-order valence-corrected chi connectivity index (χ0v) is 15.6. The molecule has 130 valence electrons. The van der Waals surface area contributed by atoms with E-state index in [1.54, 1.807) is 6.08 Å². The summed E-state index contributed by atoms with van der Waals surface area (Å²) in [6.07, 6.45) is 2.28. The van der Waals surface area contributed by atoms with Crippen LogP contribution in [-0.4, -0.2) is 11.1 Å². The summed E-state index contributed by atoms with van der Waals surface area (Å²) in [4.78, 5) is 11.3. The van der Waals surface area contributed by atoms with Crippen molar-refractivity contribution < 1.29 is 9.90 Å². The lowest BCUT2D eigenvalue weighted by atomic mass is 10.1. The van der Waals surface area contributed by atoms with Crippen LogP contribution in [0.2, 0.25) is 0 Å². The van der Waals surface area contributed by atoms with Crippen molar-refractivity contribution in [3.8, 4) is 0 Å². The third-order valence-corrected chi connectivity index (χ3v) is 6.58. The van der Waals surface area contributed by atoms with Gasteiger partial charge in [0.2, 0.25) is 0 Å². The molecule has 0 aliphatic heterocycles. The summed E-state index contributed by atoms with van der Waals surface area (Å²) in [5.74, 6) is -0.855. The van der Waals surface area contributed by atoms with Gasteiger partial charge in [0.1, 0.15) is 0 Å². The van der Waals surface area contributed by atoms with E-state index in [0.717, 1.165) is 5.56 Å². The van der Waals surface area contributed by atoms with E-state index in [2.05, 4.69) is 60.7 Å². The van der Waals surface area contributed by atoms with Crippen LogP contribution < -0.4 is 15.9 Å². The van der Waals surface area contributed by atoms with E-state index in [0.29, 0.717) is 12.0 Å². The van der Waals surface area contributed by atoms with Crippen LogP contribution in [0.15, 0.2) is 90.5 Å². The lowest BCUT2D eigenvalue weighted by molar-refractivity contribution is -0.132. The van der Waals surface area contributed by atoms with Gasteiger partial charge in [-0.05, 0) is 48.0 Å². The first-order valence-corrected chi connectivity index (χ1v) is 9.97. The topological polar surface area (TPSA) is 37.3 Å². The molecule has 0 aliphatic rings. The summed E-state index contributed by atoms with van der Waals surface area (Å²) in [7, 11) is -0.683. The van der Waals surface area contributed by atoms with Gasteiger partial charge in [-0.15, -0.1) is 0 Å². The molecular formula is C23H21O2P. The van der Waals surface area contributed by atoms with Gasteiger partial charge in [-0.2, -0.15) is 0 Å². The minimum atomic E-state index is -0.855. The van der Waals surface area contributed by atoms with Crippen molar-refractivity contribution in [2.45, 2.75) is 13.3 Å². The molecule has 0 radical (unpaired) electrons. The second-order valence-corrected chi connectivity index (χ2v) is 8.15. The van der Waals surface area contributed by atoms with Crippen LogP contribution in [0.4, 0.5) is 0 Å². The standard InChI is InChI=1S/C23H21O2P/c1-2-19(23(24)25)16-18-10-9-15-22(17-18)26(20-11-5-3-6-12-20)21-13-7-4-8-14-21/h3-17H,2H2,1H3,(H,24,25)/b19-16+. The van der Waals surface area contributed by atoms with Gasteiger partial charge in [0.25, 0.3) is 0 Å². The van der Waals surface area contributed by atoms with Gasteiger partial charge < -0.3 is 5.11 Å². The molecule has 0 heterocycles. The maximum atomic E-state index is 11.3. The molecule has 0 unspecified atom stereocenters. The summed E-state index contributed by atoms with van der Waals surface area (Å²) >= 11 is 0. The average Bonchev–Trinajstić information content (AvgIpc) is 2.68. The van der Waals surface area contributed by atoms with Crippen molar-refractivity contribution in [1.29, 1.82) is 0 Å². The zero-order valence-electron chi connectivity index (χ0n) is 14.7. The Labute approximate surface area is 155 Å². The largest absolute Gasteiger partial charge is 0.478 e. The molecule has 0 spiro atoms. The number of aliphatic carboxylic acids is 1. The van der Waals surface area contributed by atoms with Gasteiger partial charge in [0, 0.05) is 5.57 Å². The predicted octanol–water partition coefficient (Wildman–Crippen LogP) is 4.32. The SMILES string of the molecule is CC/C(=C\c1cccc(P(c2ccccc2)c2ccccc2)c1)C(=O)O. The van der Waals surface area contributed by atoms with Gasteiger partial charge in [0.15, 0.2) is 0 Å². The van der Waals surface area contributed by atoms with Crippen molar-refractivity contribution in [1.82, 2.24) is 0 Å². The number of carboxylic acid groups (broad SMARTS) is 1. The minimum Gasteiger partial charge on any atom is -0.478 e. The fourth-order valence-electron chi connectivity index (χ4n) is 2.87. The molecule has 0 aliphatic carbocycles. The average molecular weight is 360 g/mol. The number of hydrogen-bond acceptors (Lipinski definition) is 1. The number of carboxylic acids is 1. The van der Waals surface area contributed by atoms with E-state index in [-0.39, 0.29) is 0 Å². The Hall–Kier alpha value is -2.70. The van der Waals surface area contributed by atoms with E-state index in [1.165, 1.54) is 15.9 Å². The Morgan fingerprint density at radius 2 is 1.38 bits per heavy atom. The fourth-order valence-corrected chi connectivity index (χ4v) is 5.22.